The molecule has 3 atom stereocenters. The topological polar surface area (TPSA) is 92.5 Å². The van der Waals surface area contributed by atoms with Gasteiger partial charge < -0.3 is 26.0 Å². The molecule has 3 aliphatic heterocycles. The summed E-state index contributed by atoms with van der Waals surface area (Å²) in [5.74, 6) is -0.404. The van der Waals surface area contributed by atoms with Crippen LogP contribution in [0.15, 0.2) is 24.3 Å². The van der Waals surface area contributed by atoms with Crippen molar-refractivity contribution in [1.82, 2.24) is 15.6 Å². The van der Waals surface area contributed by atoms with Crippen LogP contribution >= 0.6 is 11.3 Å². The average molecular weight is 482 g/mol. The summed E-state index contributed by atoms with van der Waals surface area (Å²) in [7, 11) is 0. The minimum absolute atomic E-state index is 0.133. The van der Waals surface area contributed by atoms with Gasteiger partial charge in [-0.2, -0.15) is 0 Å². The number of aromatic nitrogens is 1. The van der Waals surface area contributed by atoms with Gasteiger partial charge in [0.15, 0.2) is 0 Å². The Hall–Kier alpha value is -2.75. The van der Waals surface area contributed by atoms with E-state index in [4.69, 9.17) is 10.5 Å². The first-order valence-corrected chi connectivity index (χ1v) is 12.6. The highest BCUT2D eigenvalue weighted by molar-refractivity contribution is 7.21. The summed E-state index contributed by atoms with van der Waals surface area (Å²) in [6.45, 7) is 5.04. The van der Waals surface area contributed by atoms with Crippen LogP contribution < -0.4 is 21.3 Å². The third-order valence-corrected chi connectivity index (χ3v) is 8.32. The molecule has 1 aromatic carbocycles. The molecule has 3 saturated heterocycles. The molecule has 9 heteroatoms. The molecule has 1 aliphatic carbocycles. The normalized spacial score (nSPS) is 24.2. The predicted molar refractivity (Wildman–Crippen MR) is 132 cm³/mol. The van der Waals surface area contributed by atoms with Crippen LogP contribution in [0.5, 0.6) is 0 Å². The second kappa shape index (κ2) is 8.48. The van der Waals surface area contributed by atoms with Gasteiger partial charge in [-0.25, -0.2) is 9.37 Å². The number of hydrogen-bond acceptors (Lipinski definition) is 7. The van der Waals surface area contributed by atoms with Gasteiger partial charge in [0, 0.05) is 42.4 Å². The molecule has 2 aromatic heterocycles. The van der Waals surface area contributed by atoms with E-state index in [1.54, 1.807) is 6.07 Å². The van der Waals surface area contributed by atoms with Gasteiger partial charge in [0.05, 0.1) is 24.4 Å². The second-order valence-corrected chi connectivity index (χ2v) is 10.5. The van der Waals surface area contributed by atoms with Crippen molar-refractivity contribution in [2.45, 2.75) is 44.4 Å². The van der Waals surface area contributed by atoms with Crippen LogP contribution in [0.2, 0.25) is 0 Å². The number of fused-ring (bicyclic) bond motifs is 6. The molecule has 7 rings (SSSR count). The standard InChI is InChI=1S/C25H28FN5O2S/c1-13-2-5-19-22(27)23(34-25(19)29-13)24(32)30-15-4-3-14-6-16(8-21(26)20(14)7-15)31-11-18-10-28-9-17(31)12-33-18/h2,5-6,8,15,17-18,28H,3-4,7,9-12,27H2,1H3,(H,30,32)/t15-,17?,18?/m1/s1. The van der Waals surface area contributed by atoms with Crippen LogP contribution in [-0.4, -0.2) is 55.3 Å². The molecule has 5 heterocycles. The maximum Gasteiger partial charge on any atom is 0.263 e. The first kappa shape index (κ1) is 21.8. The van der Waals surface area contributed by atoms with Crippen LogP contribution in [-0.2, 0) is 17.6 Å². The van der Waals surface area contributed by atoms with E-state index >= 15 is 4.39 Å². The SMILES string of the molecule is Cc1ccc2c(N)c(C(=O)N[C@@H]3CCc4cc(N5CC6CNCC5CO6)cc(F)c4C3)sc2n1. The van der Waals surface area contributed by atoms with Crippen LogP contribution in [0.4, 0.5) is 15.8 Å². The number of nitrogens with one attached hydrogen (secondary N) is 2. The number of aryl methyl sites for hydroxylation is 2. The average Bonchev–Trinajstić information content (AvgIpc) is 2.99. The summed E-state index contributed by atoms with van der Waals surface area (Å²) in [5, 5.41) is 7.32. The van der Waals surface area contributed by atoms with Crippen molar-refractivity contribution in [3.05, 3.63) is 51.8 Å². The summed E-state index contributed by atoms with van der Waals surface area (Å²) >= 11 is 1.31. The van der Waals surface area contributed by atoms with Gasteiger partial charge in [-0.15, -0.1) is 11.3 Å². The number of ether oxygens (including phenoxy) is 1. The number of carbonyl (C=O) groups excluding carboxylic acids is 1. The van der Waals surface area contributed by atoms with Gasteiger partial charge in [0.1, 0.15) is 15.5 Å². The molecule has 7 nitrogen and oxygen atoms in total. The number of nitrogens with zero attached hydrogens (tertiary/aromatic N) is 2. The van der Waals surface area contributed by atoms with E-state index in [2.05, 4.69) is 26.6 Å². The quantitative estimate of drug-likeness (QED) is 0.533. The number of morpholine rings is 1. The van der Waals surface area contributed by atoms with Crippen molar-refractivity contribution in [1.29, 1.82) is 0 Å². The Labute approximate surface area is 201 Å². The van der Waals surface area contributed by atoms with Crippen molar-refractivity contribution in [3.63, 3.8) is 0 Å². The number of amides is 1. The zero-order valence-electron chi connectivity index (χ0n) is 19.1. The molecular formula is C25H28FN5O2S. The zero-order valence-corrected chi connectivity index (χ0v) is 19.9. The molecule has 4 aliphatic rings. The zero-order chi connectivity index (χ0) is 23.4. The largest absolute Gasteiger partial charge is 0.397 e. The summed E-state index contributed by atoms with van der Waals surface area (Å²) in [4.78, 5) is 21.0. The molecule has 2 unspecified atom stereocenters. The number of thiophene rings is 1. The Morgan fingerprint density at radius 2 is 2.24 bits per heavy atom. The van der Waals surface area contributed by atoms with Crippen LogP contribution in [0, 0.1) is 12.7 Å². The molecule has 0 saturated carbocycles. The lowest BCUT2D eigenvalue weighted by molar-refractivity contribution is 0.0391. The first-order chi connectivity index (χ1) is 16.5. The summed E-state index contributed by atoms with van der Waals surface area (Å²) in [6.07, 6.45) is 2.11. The van der Waals surface area contributed by atoms with Crippen molar-refractivity contribution < 1.29 is 13.9 Å². The maximum absolute atomic E-state index is 15.3. The number of pyridine rings is 1. The van der Waals surface area contributed by atoms with Gasteiger partial charge in [-0.1, -0.05) is 0 Å². The highest BCUT2D eigenvalue weighted by Crippen LogP contribution is 2.34. The smallest absolute Gasteiger partial charge is 0.263 e. The Morgan fingerprint density at radius 1 is 1.35 bits per heavy atom. The number of halogens is 1. The summed E-state index contributed by atoms with van der Waals surface area (Å²) in [6, 6.07) is 7.67. The van der Waals surface area contributed by atoms with E-state index < -0.39 is 0 Å². The molecule has 0 radical (unpaired) electrons. The number of anilines is 2. The van der Waals surface area contributed by atoms with Gasteiger partial charge in [0.2, 0.25) is 0 Å². The number of benzene rings is 1. The van der Waals surface area contributed by atoms with Gasteiger partial charge in [0.25, 0.3) is 5.91 Å². The van der Waals surface area contributed by atoms with E-state index in [-0.39, 0.29) is 29.9 Å². The Morgan fingerprint density at radius 3 is 3.12 bits per heavy atom. The summed E-state index contributed by atoms with van der Waals surface area (Å²) in [5.41, 5.74) is 10.3. The Balaban J connectivity index is 1.20. The molecule has 1 amide bonds. The lowest BCUT2D eigenvalue weighted by Crippen LogP contribution is -2.49. The van der Waals surface area contributed by atoms with Gasteiger partial charge in [-0.05, 0) is 61.6 Å². The lowest BCUT2D eigenvalue weighted by atomic mass is 9.87. The summed E-state index contributed by atoms with van der Waals surface area (Å²) < 4.78 is 21.2. The predicted octanol–water partition coefficient (Wildman–Crippen LogP) is 2.79. The molecule has 34 heavy (non-hydrogen) atoms. The molecule has 2 bridgehead atoms. The van der Waals surface area contributed by atoms with E-state index in [1.165, 1.54) is 11.3 Å². The van der Waals surface area contributed by atoms with Gasteiger partial charge in [-0.3, -0.25) is 4.79 Å². The fraction of sp³-hybridized carbons (Fsp3) is 0.440. The molecule has 0 spiro atoms. The highest BCUT2D eigenvalue weighted by Gasteiger charge is 2.33. The Bertz CT molecular complexity index is 1270. The number of nitrogens with two attached hydrogens (primary N) is 1. The molecule has 3 fully saturated rings. The fourth-order valence-electron chi connectivity index (χ4n) is 5.38. The minimum Gasteiger partial charge on any atom is -0.397 e. The molecule has 3 aromatic rings. The van der Waals surface area contributed by atoms with Crippen molar-refractivity contribution >= 4 is 38.8 Å². The molecule has 178 valence electrons. The van der Waals surface area contributed by atoms with Crippen molar-refractivity contribution in [2.24, 2.45) is 0 Å². The third-order valence-electron chi connectivity index (χ3n) is 7.21. The minimum atomic E-state index is -0.211. The van der Waals surface area contributed by atoms with Crippen LogP contribution in [0.1, 0.15) is 32.9 Å². The molecule has 4 N–H and O–H groups in total. The third kappa shape index (κ3) is 3.81. The van der Waals surface area contributed by atoms with Crippen molar-refractivity contribution in [2.75, 3.05) is 36.9 Å². The van der Waals surface area contributed by atoms with Gasteiger partial charge >= 0.3 is 0 Å². The van der Waals surface area contributed by atoms with Crippen LogP contribution in [0.3, 0.4) is 0 Å². The monoisotopic (exact) mass is 481 g/mol. The number of carbonyl (C=O) groups is 1. The van der Waals surface area contributed by atoms with E-state index in [0.29, 0.717) is 29.2 Å². The van der Waals surface area contributed by atoms with E-state index in [0.717, 1.165) is 59.6 Å². The lowest BCUT2D eigenvalue weighted by Gasteiger charge is -2.38. The maximum atomic E-state index is 15.3. The van der Waals surface area contributed by atoms with Crippen molar-refractivity contribution in [3.8, 4) is 0 Å². The number of hydrogen-bond donors (Lipinski definition) is 3. The number of rotatable bonds is 3. The van der Waals surface area contributed by atoms with E-state index in [1.807, 2.05) is 19.1 Å². The van der Waals surface area contributed by atoms with E-state index in [9.17, 15) is 4.79 Å². The number of nitrogen functional groups attached to an aromatic ring is 1. The Kier molecular flexibility index (Phi) is 5.43. The molecular weight excluding hydrogens is 453 g/mol. The second-order valence-electron chi connectivity index (χ2n) is 9.55. The fourth-order valence-corrected chi connectivity index (χ4v) is 6.43. The van der Waals surface area contributed by atoms with Crippen LogP contribution in [0.25, 0.3) is 10.2 Å². The highest BCUT2D eigenvalue weighted by atomic mass is 32.1. The first-order valence-electron chi connectivity index (χ1n) is 11.8.